The first kappa shape index (κ1) is 26.2. The highest BCUT2D eigenvalue weighted by molar-refractivity contribution is 5.48. The van der Waals surface area contributed by atoms with Crippen molar-refractivity contribution in [3.05, 3.63) is 70.8 Å². The number of hydrogen-bond donors (Lipinski definition) is 0. The van der Waals surface area contributed by atoms with Crippen LogP contribution in [-0.2, 0) is 10.8 Å². The van der Waals surface area contributed by atoms with Crippen molar-refractivity contribution in [3.63, 3.8) is 0 Å². The fourth-order valence-corrected chi connectivity index (χ4v) is 12.4. The molecule has 0 nitrogen and oxygen atoms in total. The molecule has 8 atom stereocenters. The molecule has 9 aliphatic carbocycles. The standard InChI is InChI=1S/C41H48/c1-3-5-7-9-11-13-30-15-19-32(20-16-30)38-24-35-34-23-39(33-21-17-31(18-22-33)14-12-10-8-6-4-2)27-40(35)29-41(28-39,36(34)25-38)37(40)26-38/h15-22,34-37H,3-10,23-29H2,1-2H3/t34?,35-,36+,37?,38?,39?,40?,41?. The van der Waals surface area contributed by atoms with E-state index in [9.17, 15) is 0 Å². The summed E-state index contributed by atoms with van der Waals surface area (Å²) >= 11 is 0. The van der Waals surface area contributed by atoms with Crippen molar-refractivity contribution in [1.29, 1.82) is 0 Å². The monoisotopic (exact) mass is 540 g/mol. The summed E-state index contributed by atoms with van der Waals surface area (Å²) in [6.45, 7) is 4.53. The van der Waals surface area contributed by atoms with E-state index in [0.29, 0.717) is 21.7 Å². The maximum absolute atomic E-state index is 3.45. The Bertz CT molecular complexity index is 1380. The molecule has 2 aromatic rings. The largest absolute Gasteiger partial charge is 0.0979 e. The summed E-state index contributed by atoms with van der Waals surface area (Å²) in [4.78, 5) is 0. The lowest BCUT2D eigenvalue weighted by molar-refractivity contribution is -0.398. The molecular weight excluding hydrogens is 492 g/mol. The molecule has 0 saturated heterocycles. The first-order valence-electron chi connectivity index (χ1n) is 17.3. The predicted octanol–water partition coefficient (Wildman–Crippen LogP) is 9.98. The average Bonchev–Trinajstić information content (AvgIpc) is 2.99. The van der Waals surface area contributed by atoms with E-state index < -0.39 is 0 Å². The Balaban J connectivity index is 1.01. The van der Waals surface area contributed by atoms with Gasteiger partial charge in [0.1, 0.15) is 0 Å². The van der Waals surface area contributed by atoms with Crippen molar-refractivity contribution in [2.45, 2.75) is 121 Å². The van der Waals surface area contributed by atoms with Crippen LogP contribution >= 0.6 is 0 Å². The van der Waals surface area contributed by atoms with Crippen LogP contribution in [0.5, 0.6) is 0 Å². The zero-order valence-corrected chi connectivity index (χ0v) is 25.5. The second-order valence-corrected chi connectivity index (χ2v) is 15.5. The van der Waals surface area contributed by atoms with Gasteiger partial charge in [-0.1, -0.05) is 87.5 Å². The highest BCUT2D eigenvalue weighted by atomic mass is 14.9. The van der Waals surface area contributed by atoms with Gasteiger partial charge in [-0.05, 0) is 139 Å². The molecule has 41 heavy (non-hydrogen) atoms. The highest BCUT2D eigenvalue weighted by Gasteiger charge is 2.86. The minimum Gasteiger partial charge on any atom is -0.0979 e. The van der Waals surface area contributed by atoms with Crippen LogP contribution in [0.25, 0.3) is 0 Å². The van der Waals surface area contributed by atoms with Gasteiger partial charge in [0.15, 0.2) is 0 Å². The van der Waals surface area contributed by atoms with Gasteiger partial charge in [-0.2, -0.15) is 0 Å². The van der Waals surface area contributed by atoms with E-state index in [1.807, 2.05) is 0 Å². The summed E-state index contributed by atoms with van der Waals surface area (Å²) < 4.78 is 0. The second kappa shape index (κ2) is 9.54. The molecule has 0 radical (unpaired) electrons. The van der Waals surface area contributed by atoms with E-state index in [-0.39, 0.29) is 0 Å². The zero-order chi connectivity index (χ0) is 27.7. The van der Waals surface area contributed by atoms with Crippen LogP contribution in [0.2, 0.25) is 0 Å². The van der Waals surface area contributed by atoms with Crippen molar-refractivity contribution >= 4 is 0 Å². The maximum atomic E-state index is 3.45. The van der Waals surface area contributed by atoms with E-state index in [4.69, 9.17) is 0 Å². The molecule has 11 rings (SSSR count). The number of unbranched alkanes of at least 4 members (excludes halogenated alkanes) is 6. The molecular formula is C41H48. The molecule has 0 aliphatic heterocycles. The van der Waals surface area contributed by atoms with Gasteiger partial charge < -0.3 is 0 Å². The number of hydrogen-bond acceptors (Lipinski definition) is 0. The Hall–Kier alpha value is -2.44. The molecule has 0 aromatic heterocycles. The maximum Gasteiger partial charge on any atom is 0.0245 e. The summed E-state index contributed by atoms with van der Waals surface area (Å²) in [5.74, 6) is 17.6. The summed E-state index contributed by atoms with van der Waals surface area (Å²) in [6.07, 6.45) is 20.1. The average molecular weight is 541 g/mol. The molecule has 9 saturated carbocycles. The lowest BCUT2D eigenvalue weighted by atomic mass is 9.13. The Morgan fingerprint density at radius 2 is 1.10 bits per heavy atom. The van der Waals surface area contributed by atoms with Crippen LogP contribution in [0.3, 0.4) is 0 Å². The van der Waals surface area contributed by atoms with E-state index in [1.165, 1.54) is 88.2 Å². The SMILES string of the molecule is CCCCCC#Cc1ccc(C23CC4C56CC7(c8ccc(C#CCCCCC)cc8)CC([C@H]5C2)[C@H](C3)C4(C7)C6)cc1. The number of benzene rings is 2. The highest BCUT2D eigenvalue weighted by Crippen LogP contribution is 2.93. The third-order valence-electron chi connectivity index (χ3n) is 13.6. The molecule has 0 N–H and O–H groups in total. The molecule has 0 heteroatoms. The third kappa shape index (κ3) is 3.68. The van der Waals surface area contributed by atoms with Gasteiger partial charge in [-0.15, -0.1) is 0 Å². The fourth-order valence-electron chi connectivity index (χ4n) is 12.4. The molecule has 6 unspecified atom stereocenters. The minimum absolute atomic E-state index is 0.450. The van der Waals surface area contributed by atoms with Crippen molar-refractivity contribution < 1.29 is 0 Å². The first-order chi connectivity index (χ1) is 20.1. The summed E-state index contributed by atoms with van der Waals surface area (Å²) in [5, 5.41) is 0. The molecule has 2 spiro atoms. The van der Waals surface area contributed by atoms with Crippen LogP contribution in [-0.4, -0.2) is 0 Å². The van der Waals surface area contributed by atoms with Gasteiger partial charge in [0.25, 0.3) is 0 Å². The van der Waals surface area contributed by atoms with E-state index in [2.05, 4.69) is 86.1 Å². The van der Waals surface area contributed by atoms with Crippen molar-refractivity contribution in [3.8, 4) is 23.7 Å². The molecule has 9 aliphatic rings. The third-order valence-corrected chi connectivity index (χ3v) is 13.6. The van der Waals surface area contributed by atoms with Gasteiger partial charge in [0, 0.05) is 24.0 Å². The molecule has 0 heterocycles. The minimum atomic E-state index is 0.450. The van der Waals surface area contributed by atoms with E-state index >= 15 is 0 Å². The van der Waals surface area contributed by atoms with Gasteiger partial charge in [0.2, 0.25) is 0 Å². The van der Waals surface area contributed by atoms with Crippen LogP contribution in [0.15, 0.2) is 48.5 Å². The summed E-state index contributed by atoms with van der Waals surface area (Å²) in [7, 11) is 0. The first-order valence-corrected chi connectivity index (χ1v) is 17.3. The van der Waals surface area contributed by atoms with Crippen molar-refractivity contribution in [2.24, 2.45) is 34.5 Å². The van der Waals surface area contributed by atoms with Crippen LogP contribution in [0, 0.1) is 58.2 Å². The molecule has 8 bridgehead atoms. The second-order valence-electron chi connectivity index (χ2n) is 15.5. The van der Waals surface area contributed by atoms with Crippen molar-refractivity contribution in [1.82, 2.24) is 0 Å². The number of rotatable bonds is 8. The topological polar surface area (TPSA) is 0 Å². The Kier molecular flexibility index (Phi) is 6.10. The molecule has 0 amide bonds. The van der Waals surface area contributed by atoms with Gasteiger partial charge in [0.05, 0.1) is 0 Å². The Labute approximate surface area is 249 Å². The quantitative estimate of drug-likeness (QED) is 0.231. The lowest BCUT2D eigenvalue weighted by Crippen LogP contribution is -2.85. The van der Waals surface area contributed by atoms with E-state index in [1.54, 1.807) is 17.5 Å². The molecule has 2 aromatic carbocycles. The van der Waals surface area contributed by atoms with Crippen LogP contribution in [0.1, 0.15) is 132 Å². The predicted molar refractivity (Wildman–Crippen MR) is 169 cm³/mol. The van der Waals surface area contributed by atoms with Gasteiger partial charge >= 0.3 is 0 Å². The molecule has 9 fully saturated rings. The zero-order valence-electron chi connectivity index (χ0n) is 25.5. The lowest BCUT2D eigenvalue weighted by Gasteiger charge is -2.91. The van der Waals surface area contributed by atoms with E-state index in [0.717, 1.165) is 36.5 Å². The van der Waals surface area contributed by atoms with Crippen molar-refractivity contribution in [2.75, 3.05) is 0 Å². The smallest absolute Gasteiger partial charge is 0.0245 e. The normalized spacial score (nSPS) is 39.6. The summed E-state index contributed by atoms with van der Waals surface area (Å²) in [5.41, 5.74) is 7.94. The fraction of sp³-hybridized carbons (Fsp3) is 0.610. The molecule has 212 valence electrons. The Morgan fingerprint density at radius 3 is 1.61 bits per heavy atom. The van der Waals surface area contributed by atoms with Crippen LogP contribution in [0.4, 0.5) is 0 Å². The summed E-state index contributed by atoms with van der Waals surface area (Å²) in [6, 6.07) is 19.3. The Morgan fingerprint density at radius 1 is 0.585 bits per heavy atom. The van der Waals surface area contributed by atoms with Crippen LogP contribution < -0.4 is 0 Å². The van der Waals surface area contributed by atoms with Gasteiger partial charge in [-0.3, -0.25) is 0 Å². The van der Waals surface area contributed by atoms with Gasteiger partial charge in [-0.25, -0.2) is 0 Å².